The first-order valence-electron chi connectivity index (χ1n) is 18.2. The molecule has 9 nitrogen and oxygen atoms in total. The number of fused-ring (bicyclic) bond motifs is 4. The van der Waals surface area contributed by atoms with Crippen molar-refractivity contribution in [3.05, 3.63) is 106 Å². The number of hydrogen-bond acceptors (Lipinski definition) is 7. The Balaban J connectivity index is 1.24. The predicted octanol–water partition coefficient (Wildman–Crippen LogP) is 7.43. The summed E-state index contributed by atoms with van der Waals surface area (Å²) in [5.74, 6) is -4.40. The van der Waals surface area contributed by atoms with E-state index in [4.69, 9.17) is 9.72 Å². The van der Waals surface area contributed by atoms with Crippen molar-refractivity contribution in [2.75, 3.05) is 13.2 Å². The Morgan fingerprint density at radius 3 is 2.49 bits per heavy atom. The summed E-state index contributed by atoms with van der Waals surface area (Å²) >= 11 is 0. The van der Waals surface area contributed by atoms with Gasteiger partial charge in [-0.15, -0.1) is 0 Å². The number of halogens is 7. The van der Waals surface area contributed by atoms with Crippen LogP contribution in [0.15, 0.2) is 55.0 Å². The van der Waals surface area contributed by atoms with Gasteiger partial charge in [0.25, 0.3) is 5.92 Å². The van der Waals surface area contributed by atoms with Crippen molar-refractivity contribution in [1.82, 2.24) is 24.1 Å². The van der Waals surface area contributed by atoms with Crippen molar-refractivity contribution in [3.63, 3.8) is 0 Å². The standard InChI is InChI=1S/C41H34F7N5O4/c1-39(2,56)6-5-27-3-4-29(24-14-31(33(55)12-22-19-57-20-22)38-49-7-8-52(38)17-24)35(50-27)23(9-21-10-25(42)15-26(43)11-21)13-28(54)18-53-37-34(36(51-53)41(46,47)48)30-16-32(30)40(37,44)45/h3-4,7-8,10-11,14-15,17,22-23,30,32,56H,9,12-13,16,18-20H2,1-2H3/t23-,30+,32-/m1/s1. The first kappa shape index (κ1) is 38.5. The number of rotatable bonds is 11. The molecule has 1 N–H and O–H groups in total. The maximum Gasteiger partial charge on any atom is 0.435 e. The van der Waals surface area contributed by atoms with Crippen LogP contribution >= 0.6 is 0 Å². The number of pyridine rings is 2. The quantitative estimate of drug-likeness (QED) is 0.0842. The maximum absolute atomic E-state index is 15.4. The molecule has 0 bridgehead atoms. The van der Waals surface area contributed by atoms with Gasteiger partial charge >= 0.3 is 6.18 Å². The fourth-order valence-electron chi connectivity index (χ4n) is 7.85. The number of ether oxygens (including phenoxy) is 1. The van der Waals surface area contributed by atoms with Crippen LogP contribution in [0.5, 0.6) is 0 Å². The highest BCUT2D eigenvalue weighted by Gasteiger charge is 2.68. The van der Waals surface area contributed by atoms with E-state index in [0.29, 0.717) is 40.7 Å². The summed E-state index contributed by atoms with van der Waals surface area (Å²) in [4.78, 5) is 36.7. The fraction of sp³-hybridized carbons (Fsp3) is 0.390. The summed E-state index contributed by atoms with van der Waals surface area (Å²) in [5.41, 5.74) is -2.59. The van der Waals surface area contributed by atoms with Gasteiger partial charge in [-0.1, -0.05) is 5.92 Å². The second kappa shape index (κ2) is 13.9. The Morgan fingerprint density at radius 2 is 1.82 bits per heavy atom. The number of aromatic nitrogens is 5. The van der Waals surface area contributed by atoms with Crippen LogP contribution in [-0.2, 0) is 34.6 Å². The van der Waals surface area contributed by atoms with Crippen LogP contribution < -0.4 is 0 Å². The van der Waals surface area contributed by atoms with E-state index in [2.05, 4.69) is 21.9 Å². The molecule has 0 spiro atoms. The minimum Gasteiger partial charge on any atom is -0.381 e. The number of hydrogen-bond donors (Lipinski definition) is 1. The minimum atomic E-state index is -5.04. The van der Waals surface area contributed by atoms with Crippen LogP contribution in [0.3, 0.4) is 0 Å². The van der Waals surface area contributed by atoms with Gasteiger partial charge in [0.1, 0.15) is 40.8 Å². The number of carbonyl (C=O) groups is 2. The van der Waals surface area contributed by atoms with Gasteiger partial charge in [-0.3, -0.25) is 14.3 Å². The predicted molar refractivity (Wildman–Crippen MR) is 189 cm³/mol. The van der Waals surface area contributed by atoms with E-state index in [9.17, 15) is 36.6 Å². The lowest BCUT2D eigenvalue weighted by Crippen LogP contribution is -2.29. The average molecular weight is 794 g/mol. The second-order valence-electron chi connectivity index (χ2n) is 15.5. The first-order chi connectivity index (χ1) is 26.9. The Morgan fingerprint density at radius 1 is 1.09 bits per heavy atom. The highest BCUT2D eigenvalue weighted by Crippen LogP contribution is 2.68. The van der Waals surface area contributed by atoms with Crippen LogP contribution in [-0.4, -0.2) is 59.6 Å². The summed E-state index contributed by atoms with van der Waals surface area (Å²) in [7, 11) is 0. The number of benzene rings is 1. The van der Waals surface area contributed by atoms with Gasteiger partial charge in [-0.2, -0.15) is 27.1 Å². The summed E-state index contributed by atoms with van der Waals surface area (Å²) < 4.78 is 109. The van der Waals surface area contributed by atoms with Crippen LogP contribution in [0, 0.1) is 35.3 Å². The number of aliphatic hydroxyl groups is 1. The molecule has 0 unspecified atom stereocenters. The zero-order chi connectivity index (χ0) is 40.6. The number of Topliss-reactive ketones (excluding diaryl/α,β-unsaturated/α-hetero) is 2. The van der Waals surface area contributed by atoms with Crippen LogP contribution in [0.1, 0.15) is 89.2 Å². The highest BCUT2D eigenvalue weighted by molar-refractivity contribution is 6.02. The molecule has 1 saturated heterocycles. The second-order valence-corrected chi connectivity index (χ2v) is 15.5. The third kappa shape index (κ3) is 7.58. The SMILES string of the molecule is CC(C)(O)C#Cc1ccc(-c2cc(C(=O)CC3COC3)c3nccn3c2)c([C@@H](CC(=O)Cn2nc(C(F)(F)F)c3c2C(F)(F)[C@@H]2C[C@H]32)Cc2cc(F)cc(F)c2)n1. The molecule has 16 heteroatoms. The maximum atomic E-state index is 15.4. The third-order valence-electron chi connectivity index (χ3n) is 10.5. The van der Waals surface area contributed by atoms with Crippen LogP contribution in [0.2, 0.25) is 0 Å². The zero-order valence-corrected chi connectivity index (χ0v) is 30.5. The molecule has 5 heterocycles. The largest absolute Gasteiger partial charge is 0.435 e. The monoisotopic (exact) mass is 793 g/mol. The molecular weight excluding hydrogens is 759 g/mol. The average Bonchev–Trinajstić information content (AvgIpc) is 3.49. The Hall–Kier alpha value is -5.40. The lowest BCUT2D eigenvalue weighted by molar-refractivity contribution is -0.142. The van der Waals surface area contributed by atoms with E-state index in [-0.39, 0.29) is 53.5 Å². The third-order valence-corrected chi connectivity index (χ3v) is 10.5. The first-order valence-corrected chi connectivity index (χ1v) is 18.2. The molecule has 8 rings (SSSR count). The highest BCUT2D eigenvalue weighted by atomic mass is 19.4. The Labute approximate surface area is 320 Å². The lowest BCUT2D eigenvalue weighted by Gasteiger charge is -2.25. The fourth-order valence-corrected chi connectivity index (χ4v) is 7.85. The van der Waals surface area contributed by atoms with Gasteiger partial charge in [0.15, 0.2) is 17.3 Å². The van der Waals surface area contributed by atoms with Gasteiger partial charge in [-0.05, 0) is 74.4 Å². The van der Waals surface area contributed by atoms with Gasteiger partial charge in [0.05, 0.1) is 24.5 Å². The molecule has 5 aromatic rings. The van der Waals surface area contributed by atoms with E-state index in [1.54, 1.807) is 35.0 Å². The Bertz CT molecular complexity index is 2480. The zero-order valence-electron chi connectivity index (χ0n) is 30.5. The number of alkyl halides is 5. The van der Waals surface area contributed by atoms with Crippen LogP contribution in [0.4, 0.5) is 30.7 Å². The van der Waals surface area contributed by atoms with E-state index >= 15 is 8.78 Å². The van der Waals surface area contributed by atoms with Crippen molar-refractivity contribution < 1.29 is 50.2 Å². The molecule has 1 aliphatic heterocycles. The van der Waals surface area contributed by atoms with Crippen molar-refractivity contribution in [2.24, 2.45) is 11.8 Å². The van der Waals surface area contributed by atoms with Crippen molar-refractivity contribution >= 4 is 17.2 Å². The molecule has 4 aromatic heterocycles. The van der Waals surface area contributed by atoms with E-state index in [1.165, 1.54) is 20.0 Å². The summed E-state index contributed by atoms with van der Waals surface area (Å²) in [6.45, 7) is 2.83. The van der Waals surface area contributed by atoms with E-state index in [1.807, 2.05) is 0 Å². The smallest absolute Gasteiger partial charge is 0.381 e. The number of imidazole rings is 1. The Kier molecular flexibility index (Phi) is 9.39. The molecule has 0 radical (unpaired) electrons. The molecule has 3 aliphatic rings. The van der Waals surface area contributed by atoms with Gasteiger partial charge in [0, 0.05) is 71.9 Å². The molecule has 2 aliphatic carbocycles. The molecule has 1 saturated carbocycles. The topological polar surface area (TPSA) is 112 Å². The molecular formula is C41H34F7N5O4. The van der Waals surface area contributed by atoms with Crippen molar-refractivity contribution in [2.45, 2.75) is 75.6 Å². The number of carbonyl (C=O) groups excluding carboxylic acids is 2. The normalized spacial score (nSPS) is 19.1. The van der Waals surface area contributed by atoms with Gasteiger partial charge in [-0.25, -0.2) is 18.7 Å². The van der Waals surface area contributed by atoms with Crippen LogP contribution in [0.25, 0.3) is 16.8 Å². The van der Waals surface area contributed by atoms with Crippen molar-refractivity contribution in [1.29, 1.82) is 0 Å². The lowest BCUT2D eigenvalue weighted by atomic mass is 9.86. The molecule has 3 atom stereocenters. The molecule has 1 aromatic carbocycles. The molecule has 57 heavy (non-hydrogen) atoms. The molecule has 0 amide bonds. The molecule has 2 fully saturated rings. The number of nitrogens with zero attached hydrogens (tertiary/aromatic N) is 5. The van der Waals surface area contributed by atoms with Gasteiger partial charge < -0.3 is 14.2 Å². The van der Waals surface area contributed by atoms with Crippen molar-refractivity contribution in [3.8, 4) is 23.0 Å². The molecule has 296 valence electrons. The van der Waals surface area contributed by atoms with E-state index < -0.39 is 82.8 Å². The summed E-state index contributed by atoms with van der Waals surface area (Å²) in [5, 5.41) is 13.8. The number of ketones is 2. The van der Waals surface area contributed by atoms with E-state index in [0.717, 1.165) is 12.1 Å². The summed E-state index contributed by atoms with van der Waals surface area (Å²) in [6, 6.07) is 7.56. The summed E-state index contributed by atoms with van der Waals surface area (Å²) in [6.07, 6.45) is -0.936. The minimum absolute atomic E-state index is 0.0260. The van der Waals surface area contributed by atoms with Gasteiger partial charge in [0.2, 0.25) is 0 Å².